The molecule has 3 nitrogen and oxygen atoms in total. The molecule has 0 aliphatic heterocycles. The Labute approximate surface area is 98.5 Å². The van der Waals surface area contributed by atoms with Crippen molar-refractivity contribution in [1.29, 1.82) is 0 Å². The third kappa shape index (κ3) is 3.35. The van der Waals surface area contributed by atoms with Gasteiger partial charge in [-0.3, -0.25) is 0 Å². The molecule has 0 fully saturated rings. The van der Waals surface area contributed by atoms with Crippen LogP contribution in [-0.2, 0) is 9.20 Å². The van der Waals surface area contributed by atoms with Crippen LogP contribution in [-0.4, -0.2) is 28.1 Å². The van der Waals surface area contributed by atoms with Crippen LogP contribution in [0.4, 0.5) is 0 Å². The Kier molecular flexibility index (Phi) is 5.03. The van der Waals surface area contributed by atoms with Crippen molar-refractivity contribution < 1.29 is 14.1 Å². The molecule has 0 radical (unpaired) electrons. The standard InChI is InChI=1S/C11H14O2.Al.H2O.2H/c1-11(2,3)9-7-5-4-6-8(9)10(12)13;;;;/h4-7H,1-3H3,(H,12,13);;1H2;;/q;+1;;;/p-1. The Morgan fingerprint density at radius 2 is 1.80 bits per heavy atom. The van der Waals surface area contributed by atoms with E-state index in [9.17, 15) is 4.79 Å². The normalized spacial score (nSPS) is 10.3. The monoisotopic (exact) mass is 224 g/mol. The average Bonchev–Trinajstić information content (AvgIpc) is 2.15. The molecule has 0 aliphatic rings. The summed E-state index contributed by atoms with van der Waals surface area (Å²) in [5.74, 6) is -0.206. The Balaban J connectivity index is 0.00000196. The molecule has 82 valence electrons. The van der Waals surface area contributed by atoms with Crippen molar-refractivity contribution in [2.24, 2.45) is 0 Å². The lowest BCUT2D eigenvalue weighted by Crippen LogP contribution is -2.17. The van der Waals surface area contributed by atoms with E-state index in [-0.39, 0.29) is 16.9 Å². The van der Waals surface area contributed by atoms with Gasteiger partial charge in [-0.25, -0.2) is 4.79 Å². The second-order valence-corrected chi connectivity index (χ2v) is 4.70. The smallest absolute Gasteiger partial charge is 0.499 e. The molecule has 0 heterocycles. The van der Waals surface area contributed by atoms with Gasteiger partial charge >= 0.3 is 22.6 Å². The van der Waals surface area contributed by atoms with Crippen molar-refractivity contribution in [2.45, 2.75) is 26.2 Å². The van der Waals surface area contributed by atoms with E-state index < -0.39 is 0 Å². The molecular formula is C11H17AlO3. The maximum absolute atomic E-state index is 11.5. The molecule has 0 spiro atoms. The number of rotatable bonds is 1. The topological polar surface area (TPSA) is 57.8 Å². The molecule has 0 unspecified atom stereocenters. The highest BCUT2D eigenvalue weighted by Crippen LogP contribution is 2.25. The van der Waals surface area contributed by atoms with Gasteiger partial charge in [0.2, 0.25) is 0 Å². The van der Waals surface area contributed by atoms with Crippen LogP contribution in [0.25, 0.3) is 0 Å². The molecule has 0 saturated heterocycles. The summed E-state index contributed by atoms with van der Waals surface area (Å²) in [7, 11) is 0. The summed E-state index contributed by atoms with van der Waals surface area (Å²) >= 11 is 0.443. The molecule has 0 bridgehead atoms. The van der Waals surface area contributed by atoms with Gasteiger partial charge in [0.1, 0.15) is 0 Å². The molecular weight excluding hydrogens is 207 g/mol. The van der Waals surface area contributed by atoms with Crippen LogP contribution in [0.3, 0.4) is 0 Å². The van der Waals surface area contributed by atoms with Crippen molar-refractivity contribution in [1.82, 2.24) is 0 Å². The lowest BCUT2D eigenvalue weighted by atomic mass is 9.84. The molecule has 1 aromatic rings. The predicted molar refractivity (Wildman–Crippen MR) is 62.7 cm³/mol. The van der Waals surface area contributed by atoms with Crippen molar-refractivity contribution in [3.05, 3.63) is 35.4 Å². The minimum absolute atomic E-state index is 0. The number of carbonyl (C=O) groups excluding carboxylic acids is 1. The number of carbonyl (C=O) groups is 1. The van der Waals surface area contributed by atoms with Gasteiger partial charge in [-0.15, -0.1) is 0 Å². The molecule has 0 atom stereocenters. The van der Waals surface area contributed by atoms with Gasteiger partial charge in [0, 0.05) is 0 Å². The minimum Gasteiger partial charge on any atom is -0.618 e. The number of benzene rings is 1. The van der Waals surface area contributed by atoms with E-state index in [4.69, 9.17) is 3.79 Å². The van der Waals surface area contributed by atoms with E-state index in [1.807, 2.05) is 24.3 Å². The Hall–Kier alpha value is -0.818. The van der Waals surface area contributed by atoms with Crippen LogP contribution in [0, 0.1) is 0 Å². The zero-order chi connectivity index (χ0) is 10.8. The summed E-state index contributed by atoms with van der Waals surface area (Å²) in [6.07, 6.45) is 0. The highest BCUT2D eigenvalue weighted by Gasteiger charge is 2.20. The lowest BCUT2D eigenvalue weighted by Gasteiger charge is -2.21. The molecule has 0 aliphatic carbocycles. The van der Waals surface area contributed by atoms with Gasteiger partial charge in [0.25, 0.3) is 0 Å². The highest BCUT2D eigenvalue weighted by molar-refractivity contribution is 6.09. The van der Waals surface area contributed by atoms with E-state index in [1.165, 1.54) is 0 Å². The SMILES string of the molecule is CC(C)(C)c1ccccc1C(=O)[O][AlH2].O. The minimum atomic E-state index is -0.206. The maximum Gasteiger partial charge on any atom is 0.499 e. The summed E-state index contributed by atoms with van der Waals surface area (Å²) in [6, 6.07) is 7.61. The molecule has 4 heteroatoms. The van der Waals surface area contributed by atoms with Gasteiger partial charge in [0.05, 0.1) is 5.56 Å². The highest BCUT2D eigenvalue weighted by atomic mass is 27.1. The second kappa shape index (κ2) is 5.32. The van der Waals surface area contributed by atoms with Crippen LogP contribution in [0.2, 0.25) is 0 Å². The fraction of sp³-hybridized carbons (Fsp3) is 0.364. The van der Waals surface area contributed by atoms with Gasteiger partial charge in [0.15, 0.2) is 0 Å². The molecule has 0 saturated carbocycles. The first-order chi connectivity index (χ1) is 6.46. The number of hydrogen-bond acceptors (Lipinski definition) is 2. The summed E-state index contributed by atoms with van der Waals surface area (Å²) < 4.78 is 4.87. The summed E-state index contributed by atoms with van der Waals surface area (Å²) in [5.41, 5.74) is 1.71. The van der Waals surface area contributed by atoms with Crippen molar-refractivity contribution >= 4 is 22.6 Å². The van der Waals surface area contributed by atoms with Crippen LogP contribution >= 0.6 is 0 Å². The molecule has 1 aromatic carbocycles. The van der Waals surface area contributed by atoms with Crippen LogP contribution < -0.4 is 0 Å². The van der Waals surface area contributed by atoms with Crippen molar-refractivity contribution in [3.8, 4) is 0 Å². The van der Waals surface area contributed by atoms with E-state index in [0.717, 1.165) is 5.56 Å². The van der Waals surface area contributed by atoms with E-state index in [2.05, 4.69) is 20.8 Å². The second-order valence-electron chi connectivity index (χ2n) is 4.29. The fourth-order valence-corrected chi connectivity index (χ4v) is 1.64. The van der Waals surface area contributed by atoms with E-state index >= 15 is 0 Å². The first-order valence-corrected chi connectivity index (χ1v) is 5.46. The summed E-state index contributed by atoms with van der Waals surface area (Å²) in [4.78, 5) is 11.5. The van der Waals surface area contributed by atoms with Gasteiger partial charge in [-0.1, -0.05) is 39.0 Å². The Morgan fingerprint density at radius 1 is 1.27 bits per heavy atom. The van der Waals surface area contributed by atoms with E-state index in [1.54, 1.807) is 0 Å². The lowest BCUT2D eigenvalue weighted by molar-refractivity contribution is 0.0747. The molecule has 1 rings (SSSR count). The average molecular weight is 224 g/mol. The maximum atomic E-state index is 11.5. The molecule has 0 aromatic heterocycles. The van der Waals surface area contributed by atoms with Crippen LogP contribution in [0.1, 0.15) is 36.7 Å². The Bertz CT molecular complexity index is 342. The zero-order valence-electron chi connectivity index (χ0n) is 9.63. The van der Waals surface area contributed by atoms with Crippen LogP contribution in [0.5, 0.6) is 0 Å². The largest absolute Gasteiger partial charge is 0.618 e. The third-order valence-corrected chi connectivity index (χ3v) is 2.51. The third-order valence-electron chi connectivity index (χ3n) is 2.14. The summed E-state index contributed by atoms with van der Waals surface area (Å²) in [6.45, 7) is 6.27. The molecule has 0 amide bonds. The summed E-state index contributed by atoms with van der Waals surface area (Å²) in [5, 5.41) is 0. The van der Waals surface area contributed by atoms with Gasteiger partial charge in [-0.05, 0) is 17.0 Å². The quantitative estimate of drug-likeness (QED) is 0.664. The van der Waals surface area contributed by atoms with Crippen molar-refractivity contribution in [3.63, 3.8) is 0 Å². The predicted octanol–water partition coefficient (Wildman–Crippen LogP) is 0.864. The first-order valence-electron chi connectivity index (χ1n) is 4.64. The fourth-order valence-electron chi connectivity index (χ4n) is 1.43. The van der Waals surface area contributed by atoms with Gasteiger partial charge < -0.3 is 9.26 Å². The first kappa shape index (κ1) is 14.2. The van der Waals surface area contributed by atoms with E-state index in [0.29, 0.717) is 22.2 Å². The van der Waals surface area contributed by atoms with Gasteiger partial charge in [-0.2, -0.15) is 0 Å². The van der Waals surface area contributed by atoms with Crippen LogP contribution in [0.15, 0.2) is 24.3 Å². The molecule has 2 N–H and O–H groups in total. The zero-order valence-corrected chi connectivity index (χ0v) is 11.6. The van der Waals surface area contributed by atoms with Crippen molar-refractivity contribution in [2.75, 3.05) is 0 Å². The Morgan fingerprint density at radius 3 is 2.27 bits per heavy atom. The number of hydrogen-bond donors (Lipinski definition) is 0. The molecule has 15 heavy (non-hydrogen) atoms.